The molecule has 1 aromatic carbocycles. The van der Waals surface area contributed by atoms with Gasteiger partial charge in [0, 0.05) is 12.7 Å². The van der Waals surface area contributed by atoms with Crippen molar-refractivity contribution in [3.63, 3.8) is 0 Å². The van der Waals surface area contributed by atoms with E-state index in [-0.39, 0.29) is 11.9 Å². The molecule has 0 radical (unpaired) electrons. The van der Waals surface area contributed by atoms with Crippen LogP contribution in [0.3, 0.4) is 0 Å². The summed E-state index contributed by atoms with van der Waals surface area (Å²) in [6.45, 7) is 1.77. The van der Waals surface area contributed by atoms with E-state index in [1.807, 2.05) is 6.07 Å². The summed E-state index contributed by atoms with van der Waals surface area (Å²) in [5, 5.41) is 6.11. The van der Waals surface area contributed by atoms with Crippen LogP contribution in [-0.4, -0.2) is 26.1 Å². The lowest BCUT2D eigenvalue weighted by atomic mass is 10.2. The van der Waals surface area contributed by atoms with Gasteiger partial charge >= 0.3 is 0 Å². The molecule has 0 bridgehead atoms. The zero-order chi connectivity index (χ0) is 12.1. The van der Waals surface area contributed by atoms with Crippen LogP contribution in [0.25, 0.3) is 0 Å². The van der Waals surface area contributed by atoms with Gasteiger partial charge in [-0.15, -0.1) is 0 Å². The molecule has 4 nitrogen and oxygen atoms in total. The van der Waals surface area contributed by atoms with Crippen LogP contribution < -0.4 is 15.4 Å². The summed E-state index contributed by atoms with van der Waals surface area (Å²) in [5.41, 5.74) is 0.780. The van der Waals surface area contributed by atoms with E-state index >= 15 is 0 Å². The van der Waals surface area contributed by atoms with Crippen molar-refractivity contribution in [3.05, 3.63) is 23.2 Å². The van der Waals surface area contributed by atoms with Crippen LogP contribution in [0.5, 0.6) is 5.75 Å². The molecule has 0 fully saturated rings. The Bertz CT molecular complexity index is 382. The standard InChI is InChI=1S/C11H15ClN2O2/c1-7(11(15)13-2)14-8-4-5-10(16-3)9(12)6-8/h4-7,14H,1-3H3,(H,13,15). The Labute approximate surface area is 99.9 Å². The molecule has 0 heterocycles. The minimum absolute atomic E-state index is 0.0769. The number of carbonyl (C=O) groups excluding carboxylic acids is 1. The lowest BCUT2D eigenvalue weighted by molar-refractivity contribution is -0.121. The highest BCUT2D eigenvalue weighted by Gasteiger charge is 2.11. The molecule has 0 saturated carbocycles. The molecule has 0 aliphatic carbocycles. The first-order valence-corrected chi connectivity index (χ1v) is 5.28. The van der Waals surface area contributed by atoms with Gasteiger partial charge in [-0.25, -0.2) is 0 Å². The van der Waals surface area contributed by atoms with Crippen LogP contribution in [0.2, 0.25) is 5.02 Å². The van der Waals surface area contributed by atoms with E-state index in [1.165, 1.54) is 0 Å². The zero-order valence-electron chi connectivity index (χ0n) is 9.50. The average Bonchev–Trinajstić information content (AvgIpc) is 2.28. The molecule has 1 amide bonds. The third-order valence-electron chi connectivity index (χ3n) is 2.17. The quantitative estimate of drug-likeness (QED) is 0.848. The number of likely N-dealkylation sites (N-methyl/N-ethyl adjacent to an activating group) is 1. The van der Waals surface area contributed by atoms with Crippen molar-refractivity contribution >= 4 is 23.2 Å². The Morgan fingerprint density at radius 3 is 2.69 bits per heavy atom. The third kappa shape index (κ3) is 3.03. The lowest BCUT2D eigenvalue weighted by Crippen LogP contribution is -2.35. The van der Waals surface area contributed by atoms with Crippen LogP contribution in [0.15, 0.2) is 18.2 Å². The number of halogens is 1. The molecule has 0 saturated heterocycles. The van der Waals surface area contributed by atoms with Gasteiger partial charge in [0.1, 0.15) is 11.8 Å². The molecule has 0 spiro atoms. The van der Waals surface area contributed by atoms with Gasteiger partial charge < -0.3 is 15.4 Å². The van der Waals surface area contributed by atoms with Gasteiger partial charge in [0.25, 0.3) is 0 Å². The number of ether oxygens (including phenoxy) is 1. The van der Waals surface area contributed by atoms with Crippen LogP contribution in [0.4, 0.5) is 5.69 Å². The van der Waals surface area contributed by atoms with Gasteiger partial charge in [-0.1, -0.05) is 11.6 Å². The maximum atomic E-state index is 11.3. The summed E-state index contributed by atoms with van der Waals surface area (Å²) >= 11 is 5.96. The van der Waals surface area contributed by atoms with Crippen molar-refractivity contribution in [1.29, 1.82) is 0 Å². The summed E-state index contributed by atoms with van der Waals surface area (Å²) in [6, 6.07) is 4.97. The summed E-state index contributed by atoms with van der Waals surface area (Å²) < 4.78 is 5.03. The summed E-state index contributed by atoms with van der Waals surface area (Å²) in [6.07, 6.45) is 0. The van der Waals surface area contributed by atoms with Crippen LogP contribution in [0.1, 0.15) is 6.92 Å². The Kier molecular flexibility index (Phi) is 4.43. The first-order chi connectivity index (χ1) is 7.58. The van der Waals surface area contributed by atoms with E-state index in [2.05, 4.69) is 10.6 Å². The molecule has 1 atom stereocenters. The van der Waals surface area contributed by atoms with E-state index in [1.54, 1.807) is 33.2 Å². The second kappa shape index (κ2) is 5.61. The maximum absolute atomic E-state index is 11.3. The first kappa shape index (κ1) is 12.6. The van der Waals surface area contributed by atoms with Crippen molar-refractivity contribution in [2.75, 3.05) is 19.5 Å². The van der Waals surface area contributed by atoms with Gasteiger partial charge in [-0.3, -0.25) is 4.79 Å². The maximum Gasteiger partial charge on any atom is 0.241 e. The fourth-order valence-corrected chi connectivity index (χ4v) is 1.55. The van der Waals surface area contributed by atoms with Crippen molar-refractivity contribution in [2.24, 2.45) is 0 Å². The number of benzene rings is 1. The molecule has 88 valence electrons. The molecular weight excluding hydrogens is 228 g/mol. The number of rotatable bonds is 4. The second-order valence-electron chi connectivity index (χ2n) is 3.33. The topological polar surface area (TPSA) is 50.4 Å². The van der Waals surface area contributed by atoms with E-state index in [9.17, 15) is 4.79 Å². The molecule has 0 aliphatic rings. The normalized spacial score (nSPS) is 11.8. The van der Waals surface area contributed by atoms with Crippen molar-refractivity contribution in [2.45, 2.75) is 13.0 Å². The van der Waals surface area contributed by atoms with E-state index in [4.69, 9.17) is 16.3 Å². The monoisotopic (exact) mass is 242 g/mol. The van der Waals surface area contributed by atoms with Crippen LogP contribution in [-0.2, 0) is 4.79 Å². The van der Waals surface area contributed by atoms with E-state index in [0.717, 1.165) is 5.69 Å². The predicted octanol–water partition coefficient (Wildman–Crippen LogP) is 1.89. The summed E-state index contributed by atoms with van der Waals surface area (Å²) in [4.78, 5) is 11.3. The minimum atomic E-state index is -0.311. The molecule has 1 rings (SSSR count). The number of hydrogen-bond acceptors (Lipinski definition) is 3. The van der Waals surface area contributed by atoms with Crippen molar-refractivity contribution in [1.82, 2.24) is 5.32 Å². The smallest absolute Gasteiger partial charge is 0.241 e. The van der Waals surface area contributed by atoms with Crippen molar-refractivity contribution < 1.29 is 9.53 Å². The first-order valence-electron chi connectivity index (χ1n) is 4.90. The van der Waals surface area contributed by atoms with Gasteiger partial charge in [0.2, 0.25) is 5.91 Å². The fourth-order valence-electron chi connectivity index (χ4n) is 1.29. The second-order valence-corrected chi connectivity index (χ2v) is 3.74. The number of carbonyl (C=O) groups is 1. The average molecular weight is 243 g/mol. The predicted molar refractivity (Wildman–Crippen MR) is 65.2 cm³/mol. The fraction of sp³-hybridized carbons (Fsp3) is 0.364. The minimum Gasteiger partial charge on any atom is -0.495 e. The van der Waals surface area contributed by atoms with Crippen LogP contribution in [0, 0.1) is 0 Å². The summed E-state index contributed by atoms with van der Waals surface area (Å²) in [7, 11) is 3.16. The largest absolute Gasteiger partial charge is 0.495 e. The van der Waals surface area contributed by atoms with Gasteiger partial charge in [-0.2, -0.15) is 0 Å². The van der Waals surface area contributed by atoms with E-state index in [0.29, 0.717) is 10.8 Å². The number of anilines is 1. The molecule has 0 aromatic heterocycles. The van der Waals surface area contributed by atoms with Crippen molar-refractivity contribution in [3.8, 4) is 5.75 Å². The molecule has 2 N–H and O–H groups in total. The van der Waals surface area contributed by atoms with Gasteiger partial charge in [0.05, 0.1) is 12.1 Å². The highest BCUT2D eigenvalue weighted by molar-refractivity contribution is 6.32. The Balaban J connectivity index is 2.75. The van der Waals surface area contributed by atoms with Gasteiger partial charge in [0.15, 0.2) is 0 Å². The number of methoxy groups -OCH3 is 1. The van der Waals surface area contributed by atoms with Crippen LogP contribution >= 0.6 is 11.6 Å². The zero-order valence-corrected chi connectivity index (χ0v) is 10.3. The molecular formula is C11H15ClN2O2. The highest BCUT2D eigenvalue weighted by atomic mass is 35.5. The molecule has 1 unspecified atom stereocenters. The number of nitrogens with one attached hydrogen (secondary N) is 2. The van der Waals surface area contributed by atoms with Gasteiger partial charge in [-0.05, 0) is 25.1 Å². The highest BCUT2D eigenvalue weighted by Crippen LogP contribution is 2.27. The molecule has 5 heteroatoms. The number of amides is 1. The van der Waals surface area contributed by atoms with E-state index < -0.39 is 0 Å². The Hall–Kier alpha value is -1.42. The third-order valence-corrected chi connectivity index (χ3v) is 2.47. The molecule has 1 aromatic rings. The Morgan fingerprint density at radius 1 is 1.50 bits per heavy atom. The Morgan fingerprint density at radius 2 is 2.19 bits per heavy atom. The number of hydrogen-bond donors (Lipinski definition) is 2. The SMILES string of the molecule is CNC(=O)C(C)Nc1ccc(OC)c(Cl)c1. The molecule has 0 aliphatic heterocycles. The lowest BCUT2D eigenvalue weighted by Gasteiger charge is -2.14. The summed E-state index contributed by atoms with van der Waals surface area (Å²) in [5.74, 6) is 0.534. The molecule has 16 heavy (non-hydrogen) atoms.